The Morgan fingerprint density at radius 3 is 2.50 bits per heavy atom. The number of ether oxygens (including phenoxy) is 1. The molecule has 5 nitrogen and oxygen atoms in total. The molecule has 1 aromatic heterocycles. The van der Waals surface area contributed by atoms with Crippen molar-refractivity contribution in [3.8, 4) is 16.9 Å². The van der Waals surface area contributed by atoms with Crippen molar-refractivity contribution in [2.24, 2.45) is 0 Å². The predicted molar refractivity (Wildman–Crippen MR) is 101 cm³/mol. The topological polar surface area (TPSA) is 64.1 Å². The summed E-state index contributed by atoms with van der Waals surface area (Å²) in [4.78, 5) is 20.8. The molecule has 0 fully saturated rings. The summed E-state index contributed by atoms with van der Waals surface area (Å²) in [5, 5.41) is 2.98. The monoisotopic (exact) mass is 347 g/mol. The van der Waals surface area contributed by atoms with Crippen LogP contribution in [-0.2, 0) is 0 Å². The molecular formula is C21H21N3O2. The first-order chi connectivity index (χ1) is 12.6. The first-order valence-corrected chi connectivity index (χ1v) is 8.48. The van der Waals surface area contributed by atoms with E-state index in [1.807, 2.05) is 56.3 Å². The van der Waals surface area contributed by atoms with Gasteiger partial charge in [-0.3, -0.25) is 4.79 Å². The van der Waals surface area contributed by atoms with E-state index in [9.17, 15) is 4.79 Å². The third-order valence-corrected chi connectivity index (χ3v) is 3.94. The van der Waals surface area contributed by atoms with Gasteiger partial charge in [-0.2, -0.15) is 0 Å². The fraction of sp³-hybridized carbons (Fsp3) is 0.190. The summed E-state index contributed by atoms with van der Waals surface area (Å²) >= 11 is 0. The molecule has 0 unspecified atom stereocenters. The van der Waals surface area contributed by atoms with Gasteiger partial charge in [-0.15, -0.1) is 0 Å². The summed E-state index contributed by atoms with van der Waals surface area (Å²) in [7, 11) is 0. The van der Waals surface area contributed by atoms with Crippen molar-refractivity contribution in [2.45, 2.75) is 19.9 Å². The summed E-state index contributed by atoms with van der Waals surface area (Å²) in [6.45, 7) is 4.34. The third-order valence-electron chi connectivity index (χ3n) is 3.94. The Morgan fingerprint density at radius 1 is 1.08 bits per heavy atom. The molecule has 3 rings (SSSR count). The van der Waals surface area contributed by atoms with Gasteiger partial charge in [-0.1, -0.05) is 35.9 Å². The van der Waals surface area contributed by atoms with Gasteiger partial charge in [0.2, 0.25) is 0 Å². The van der Waals surface area contributed by atoms with Crippen LogP contribution in [0.15, 0.2) is 67.3 Å². The first-order valence-electron chi connectivity index (χ1n) is 8.48. The fourth-order valence-electron chi connectivity index (χ4n) is 2.57. The molecule has 0 aliphatic heterocycles. The van der Waals surface area contributed by atoms with Crippen LogP contribution in [0, 0.1) is 6.92 Å². The van der Waals surface area contributed by atoms with Gasteiger partial charge < -0.3 is 10.1 Å². The molecule has 0 radical (unpaired) electrons. The number of nitrogens with one attached hydrogen (secondary N) is 1. The van der Waals surface area contributed by atoms with Crippen molar-refractivity contribution in [1.29, 1.82) is 0 Å². The number of hydrogen-bond acceptors (Lipinski definition) is 4. The van der Waals surface area contributed by atoms with Gasteiger partial charge >= 0.3 is 0 Å². The molecule has 1 heterocycles. The Hall–Kier alpha value is -3.21. The fourth-order valence-corrected chi connectivity index (χ4v) is 2.57. The molecule has 1 amide bonds. The van der Waals surface area contributed by atoms with Crippen molar-refractivity contribution in [3.63, 3.8) is 0 Å². The molecule has 0 bridgehead atoms. The average Bonchev–Trinajstić information content (AvgIpc) is 2.68. The summed E-state index contributed by atoms with van der Waals surface area (Å²) in [5.41, 5.74) is 3.38. The van der Waals surface area contributed by atoms with Crippen molar-refractivity contribution < 1.29 is 9.53 Å². The zero-order chi connectivity index (χ0) is 18.4. The van der Waals surface area contributed by atoms with Crippen LogP contribution in [0.1, 0.15) is 22.8 Å². The number of rotatable bonds is 6. The van der Waals surface area contributed by atoms with Crippen LogP contribution in [0.2, 0.25) is 0 Å². The van der Waals surface area contributed by atoms with Crippen molar-refractivity contribution >= 4 is 5.91 Å². The summed E-state index contributed by atoms with van der Waals surface area (Å²) in [5.74, 6) is 0.642. The SMILES string of the molecule is Cc1ccc(OC[C@@H](C)NC(=O)c2ccccc2-c2cncnc2)cc1. The zero-order valence-corrected chi connectivity index (χ0v) is 14.8. The molecule has 1 N–H and O–H groups in total. The summed E-state index contributed by atoms with van der Waals surface area (Å²) in [6.07, 6.45) is 4.86. The van der Waals surface area contributed by atoms with Crippen LogP contribution in [0.3, 0.4) is 0 Å². The van der Waals surface area contributed by atoms with E-state index in [1.54, 1.807) is 18.5 Å². The van der Waals surface area contributed by atoms with Gasteiger partial charge in [0.05, 0.1) is 6.04 Å². The summed E-state index contributed by atoms with van der Waals surface area (Å²) < 4.78 is 5.74. The number of carbonyl (C=O) groups excluding carboxylic acids is 1. The van der Waals surface area contributed by atoms with Gasteiger partial charge in [-0.05, 0) is 37.6 Å². The lowest BCUT2D eigenvalue weighted by Gasteiger charge is -2.16. The van der Waals surface area contributed by atoms with E-state index in [-0.39, 0.29) is 11.9 Å². The lowest BCUT2D eigenvalue weighted by Crippen LogP contribution is -2.37. The number of benzene rings is 2. The molecule has 132 valence electrons. The molecule has 0 aliphatic rings. The molecule has 3 aromatic rings. The van der Waals surface area contributed by atoms with Crippen LogP contribution in [0.5, 0.6) is 5.75 Å². The minimum atomic E-state index is -0.149. The zero-order valence-electron chi connectivity index (χ0n) is 14.8. The van der Waals surface area contributed by atoms with E-state index in [0.29, 0.717) is 12.2 Å². The van der Waals surface area contributed by atoms with Crippen LogP contribution in [-0.4, -0.2) is 28.5 Å². The van der Waals surface area contributed by atoms with Gasteiger partial charge in [0.25, 0.3) is 5.91 Å². The Labute approximate surface area is 153 Å². The van der Waals surface area contributed by atoms with E-state index in [0.717, 1.165) is 16.9 Å². The smallest absolute Gasteiger partial charge is 0.252 e. The number of aromatic nitrogens is 2. The minimum Gasteiger partial charge on any atom is -0.491 e. The second-order valence-corrected chi connectivity index (χ2v) is 6.17. The van der Waals surface area contributed by atoms with Gasteiger partial charge in [0.1, 0.15) is 18.7 Å². The highest BCUT2D eigenvalue weighted by atomic mass is 16.5. The Kier molecular flexibility index (Phi) is 5.59. The number of hydrogen-bond donors (Lipinski definition) is 1. The molecule has 2 aromatic carbocycles. The maximum absolute atomic E-state index is 12.7. The lowest BCUT2D eigenvalue weighted by atomic mass is 10.0. The van der Waals surface area contributed by atoms with E-state index in [1.165, 1.54) is 11.9 Å². The Morgan fingerprint density at radius 2 is 1.77 bits per heavy atom. The van der Waals surface area contributed by atoms with Crippen molar-refractivity contribution in [3.05, 3.63) is 78.4 Å². The molecule has 1 atom stereocenters. The van der Waals surface area contributed by atoms with E-state index in [2.05, 4.69) is 15.3 Å². The third kappa shape index (κ3) is 4.45. The molecule has 26 heavy (non-hydrogen) atoms. The van der Waals surface area contributed by atoms with Crippen LogP contribution in [0.4, 0.5) is 0 Å². The van der Waals surface area contributed by atoms with E-state index in [4.69, 9.17) is 4.74 Å². The highest BCUT2D eigenvalue weighted by molar-refractivity contribution is 6.00. The maximum Gasteiger partial charge on any atom is 0.252 e. The Balaban J connectivity index is 1.65. The number of aryl methyl sites for hydroxylation is 1. The van der Waals surface area contributed by atoms with Crippen molar-refractivity contribution in [2.75, 3.05) is 6.61 Å². The van der Waals surface area contributed by atoms with E-state index >= 15 is 0 Å². The van der Waals surface area contributed by atoms with Gasteiger partial charge in [0, 0.05) is 23.5 Å². The largest absolute Gasteiger partial charge is 0.491 e. The second-order valence-electron chi connectivity index (χ2n) is 6.17. The van der Waals surface area contributed by atoms with Crippen LogP contribution in [0.25, 0.3) is 11.1 Å². The molecule has 5 heteroatoms. The predicted octanol–water partition coefficient (Wildman–Crippen LogP) is 3.65. The highest BCUT2D eigenvalue weighted by Gasteiger charge is 2.15. The molecule has 0 aliphatic carbocycles. The summed E-state index contributed by atoms with van der Waals surface area (Å²) in [6, 6.07) is 15.1. The van der Waals surface area contributed by atoms with Gasteiger partial charge in [-0.25, -0.2) is 9.97 Å². The number of nitrogens with zero attached hydrogens (tertiary/aromatic N) is 2. The number of amides is 1. The lowest BCUT2D eigenvalue weighted by molar-refractivity contribution is 0.0927. The maximum atomic E-state index is 12.7. The van der Waals surface area contributed by atoms with Crippen LogP contribution < -0.4 is 10.1 Å². The number of carbonyl (C=O) groups is 1. The Bertz CT molecular complexity index is 864. The molecule has 0 saturated carbocycles. The molecule has 0 saturated heterocycles. The average molecular weight is 347 g/mol. The quantitative estimate of drug-likeness (QED) is 0.739. The van der Waals surface area contributed by atoms with Crippen molar-refractivity contribution in [1.82, 2.24) is 15.3 Å². The van der Waals surface area contributed by atoms with Gasteiger partial charge in [0.15, 0.2) is 0 Å². The molecule has 0 spiro atoms. The minimum absolute atomic E-state index is 0.135. The first kappa shape index (κ1) is 17.6. The van der Waals surface area contributed by atoms with E-state index < -0.39 is 0 Å². The van der Waals surface area contributed by atoms with Crippen LogP contribution >= 0.6 is 0 Å². The molecular weight excluding hydrogens is 326 g/mol. The second kappa shape index (κ2) is 8.25. The normalized spacial score (nSPS) is 11.6. The highest BCUT2D eigenvalue weighted by Crippen LogP contribution is 2.22. The standard InChI is InChI=1S/C21H21N3O2/c1-15-7-9-18(10-8-15)26-13-16(2)24-21(25)20-6-4-3-5-19(20)17-11-22-14-23-12-17/h3-12,14,16H,13H2,1-2H3,(H,24,25)/t16-/m1/s1.